The molecule has 0 bridgehead atoms. The second kappa shape index (κ2) is 5.28. The van der Waals surface area contributed by atoms with Gasteiger partial charge in [-0.25, -0.2) is 0 Å². The predicted octanol–water partition coefficient (Wildman–Crippen LogP) is 3.44. The highest BCUT2D eigenvalue weighted by Crippen LogP contribution is 2.32. The number of hydrogen-bond acceptors (Lipinski definition) is 2. The van der Waals surface area contributed by atoms with Crippen LogP contribution in [0.1, 0.15) is 22.9 Å². The molecule has 1 atom stereocenters. The van der Waals surface area contributed by atoms with Crippen LogP contribution in [-0.2, 0) is 7.05 Å². The molecule has 0 saturated carbocycles. The van der Waals surface area contributed by atoms with E-state index >= 15 is 0 Å². The number of nitro benzene ring substituents is 1. The average molecular weight is 281 g/mol. The van der Waals surface area contributed by atoms with Crippen molar-refractivity contribution >= 4 is 5.69 Å². The summed E-state index contributed by atoms with van der Waals surface area (Å²) in [7, 11) is 1.97. The maximum absolute atomic E-state index is 11.0. The van der Waals surface area contributed by atoms with E-state index in [4.69, 9.17) is 0 Å². The Labute approximate surface area is 122 Å². The molecule has 3 rings (SSSR count). The summed E-state index contributed by atoms with van der Waals surface area (Å²) in [6, 6.07) is 14.7. The molecule has 0 aliphatic heterocycles. The van der Waals surface area contributed by atoms with E-state index < -0.39 is 0 Å². The molecular formula is C16H15N3O2. The number of nitrogens with one attached hydrogen (secondary N) is 1. The summed E-state index contributed by atoms with van der Waals surface area (Å²) in [5.41, 5.74) is 3.10. The van der Waals surface area contributed by atoms with Crippen molar-refractivity contribution in [2.24, 2.45) is 7.05 Å². The number of aryl methyl sites for hydroxylation is 1. The Hall–Kier alpha value is -2.82. The number of rotatable bonds is 4. The van der Waals surface area contributed by atoms with E-state index in [1.165, 1.54) is 6.07 Å². The number of aromatic nitrogens is 2. The summed E-state index contributed by atoms with van der Waals surface area (Å²) in [6.45, 7) is 0. The van der Waals surface area contributed by atoms with Crippen LogP contribution < -0.4 is 0 Å². The smallest absolute Gasteiger partial charge is 0.269 e. The van der Waals surface area contributed by atoms with E-state index in [9.17, 15) is 10.1 Å². The molecule has 5 heteroatoms. The molecule has 0 fully saturated rings. The van der Waals surface area contributed by atoms with Crippen molar-refractivity contribution in [3.63, 3.8) is 0 Å². The van der Waals surface area contributed by atoms with E-state index in [0.717, 1.165) is 17.0 Å². The molecule has 1 unspecified atom stereocenters. The average Bonchev–Trinajstić information content (AvgIpc) is 3.13. The molecular weight excluding hydrogens is 266 g/mol. The lowest BCUT2D eigenvalue weighted by molar-refractivity contribution is -0.384. The van der Waals surface area contributed by atoms with Crippen LogP contribution in [0, 0.1) is 10.1 Å². The number of benzene rings is 1. The Bertz CT molecular complexity index is 759. The number of nitro groups is 1. The molecule has 0 aliphatic carbocycles. The molecule has 1 N–H and O–H groups in total. The van der Waals surface area contributed by atoms with Crippen LogP contribution in [0.4, 0.5) is 5.69 Å². The maximum atomic E-state index is 11.0. The van der Waals surface area contributed by atoms with Crippen LogP contribution >= 0.6 is 0 Å². The third-order valence-corrected chi connectivity index (χ3v) is 3.63. The number of aromatic amines is 1. The molecule has 2 aromatic heterocycles. The van der Waals surface area contributed by atoms with Crippen molar-refractivity contribution in [3.8, 4) is 0 Å². The van der Waals surface area contributed by atoms with Crippen LogP contribution in [0.2, 0.25) is 0 Å². The lowest BCUT2D eigenvalue weighted by Crippen LogP contribution is -2.08. The first-order valence-electron chi connectivity index (χ1n) is 6.65. The van der Waals surface area contributed by atoms with E-state index in [0.29, 0.717) is 0 Å². The van der Waals surface area contributed by atoms with Gasteiger partial charge in [-0.05, 0) is 29.8 Å². The lowest BCUT2D eigenvalue weighted by atomic mass is 9.92. The molecule has 5 nitrogen and oxygen atoms in total. The van der Waals surface area contributed by atoms with Crippen molar-refractivity contribution in [2.75, 3.05) is 0 Å². The van der Waals surface area contributed by atoms with E-state index in [2.05, 4.69) is 4.98 Å². The third kappa shape index (κ3) is 2.45. The minimum atomic E-state index is -0.361. The van der Waals surface area contributed by atoms with Crippen molar-refractivity contribution < 1.29 is 4.92 Å². The summed E-state index contributed by atoms with van der Waals surface area (Å²) in [5.74, 6) is -0.0556. The number of nitrogens with zero attached hydrogens (tertiary/aromatic N) is 2. The van der Waals surface area contributed by atoms with Gasteiger partial charge in [0.2, 0.25) is 0 Å². The van der Waals surface area contributed by atoms with Crippen LogP contribution in [0.3, 0.4) is 0 Å². The van der Waals surface area contributed by atoms with Crippen LogP contribution in [0.25, 0.3) is 0 Å². The predicted molar refractivity (Wildman–Crippen MR) is 80.2 cm³/mol. The van der Waals surface area contributed by atoms with Gasteiger partial charge in [0.25, 0.3) is 5.69 Å². The summed E-state index contributed by atoms with van der Waals surface area (Å²) in [6.07, 6.45) is 3.84. The second-order valence-electron chi connectivity index (χ2n) is 4.95. The molecule has 106 valence electrons. The standard InChI is InChI=1S/C16H15N3O2/c1-18-10-4-8-15(18)16(14-7-3-9-17-14)12-5-2-6-13(11-12)19(20)21/h2-11,16-17H,1H3. The summed E-state index contributed by atoms with van der Waals surface area (Å²) >= 11 is 0. The maximum Gasteiger partial charge on any atom is 0.269 e. The van der Waals surface area contributed by atoms with E-state index in [-0.39, 0.29) is 16.5 Å². The minimum absolute atomic E-state index is 0.0556. The van der Waals surface area contributed by atoms with Crippen LogP contribution in [0.5, 0.6) is 0 Å². The van der Waals surface area contributed by atoms with E-state index in [1.807, 2.05) is 54.3 Å². The molecule has 0 aliphatic rings. The fourth-order valence-electron chi connectivity index (χ4n) is 2.63. The lowest BCUT2D eigenvalue weighted by Gasteiger charge is -2.17. The van der Waals surface area contributed by atoms with Gasteiger partial charge in [0.15, 0.2) is 0 Å². The second-order valence-corrected chi connectivity index (χ2v) is 4.95. The van der Waals surface area contributed by atoms with Gasteiger partial charge >= 0.3 is 0 Å². The Morgan fingerprint density at radius 2 is 2.05 bits per heavy atom. The third-order valence-electron chi connectivity index (χ3n) is 3.63. The number of H-pyrrole nitrogens is 1. The van der Waals surface area contributed by atoms with Crippen molar-refractivity contribution in [2.45, 2.75) is 5.92 Å². The first-order chi connectivity index (χ1) is 10.2. The van der Waals surface area contributed by atoms with Gasteiger partial charge in [-0.3, -0.25) is 10.1 Å². The molecule has 0 spiro atoms. The zero-order valence-electron chi connectivity index (χ0n) is 11.6. The minimum Gasteiger partial charge on any atom is -0.364 e. The fourth-order valence-corrected chi connectivity index (χ4v) is 2.63. The highest BCUT2D eigenvalue weighted by molar-refractivity contribution is 5.44. The van der Waals surface area contributed by atoms with E-state index in [1.54, 1.807) is 12.1 Å². The summed E-state index contributed by atoms with van der Waals surface area (Å²) in [4.78, 5) is 13.9. The van der Waals surface area contributed by atoms with Gasteiger partial charge in [0.1, 0.15) is 0 Å². The highest BCUT2D eigenvalue weighted by Gasteiger charge is 2.21. The molecule has 0 amide bonds. The van der Waals surface area contributed by atoms with Crippen LogP contribution in [-0.4, -0.2) is 14.5 Å². The van der Waals surface area contributed by atoms with Gasteiger partial charge < -0.3 is 9.55 Å². The molecule has 1 aromatic carbocycles. The summed E-state index contributed by atoms with van der Waals surface area (Å²) in [5, 5.41) is 11.0. The molecule has 0 radical (unpaired) electrons. The molecule has 2 heterocycles. The number of hydrogen-bond donors (Lipinski definition) is 1. The Morgan fingerprint density at radius 3 is 2.67 bits per heavy atom. The van der Waals surface area contributed by atoms with Gasteiger partial charge in [0.05, 0.1) is 10.8 Å². The van der Waals surface area contributed by atoms with Crippen LogP contribution in [0.15, 0.2) is 60.9 Å². The first-order valence-corrected chi connectivity index (χ1v) is 6.65. The van der Waals surface area contributed by atoms with Gasteiger partial charge in [-0.2, -0.15) is 0 Å². The van der Waals surface area contributed by atoms with Crippen molar-refractivity contribution in [1.29, 1.82) is 0 Å². The fraction of sp³-hybridized carbons (Fsp3) is 0.125. The topological polar surface area (TPSA) is 63.9 Å². The van der Waals surface area contributed by atoms with Crippen molar-refractivity contribution in [3.05, 3.63) is 88.0 Å². The van der Waals surface area contributed by atoms with Gasteiger partial charge in [-0.1, -0.05) is 12.1 Å². The zero-order valence-corrected chi connectivity index (χ0v) is 11.6. The molecule has 21 heavy (non-hydrogen) atoms. The Balaban J connectivity index is 2.14. The summed E-state index contributed by atoms with van der Waals surface area (Å²) < 4.78 is 2.03. The van der Waals surface area contributed by atoms with Crippen molar-refractivity contribution in [1.82, 2.24) is 9.55 Å². The van der Waals surface area contributed by atoms with Gasteiger partial charge in [-0.15, -0.1) is 0 Å². The van der Waals surface area contributed by atoms with Gasteiger partial charge in [0, 0.05) is 43.0 Å². The molecule has 3 aromatic rings. The quantitative estimate of drug-likeness (QED) is 0.588. The normalized spacial score (nSPS) is 12.2. The Kier molecular flexibility index (Phi) is 3.31. The Morgan fingerprint density at radius 1 is 1.19 bits per heavy atom. The SMILES string of the molecule is Cn1cccc1C(c1cccc([N+](=O)[O-])c1)c1ccc[nH]1. The highest BCUT2D eigenvalue weighted by atomic mass is 16.6. The number of non-ortho nitro benzene ring substituents is 1. The monoisotopic (exact) mass is 281 g/mol. The first kappa shape index (κ1) is 13.2. The molecule has 0 saturated heterocycles. The largest absolute Gasteiger partial charge is 0.364 e. The zero-order chi connectivity index (χ0) is 14.8.